The third-order valence-electron chi connectivity index (χ3n) is 5.45. The van der Waals surface area contributed by atoms with Gasteiger partial charge in [-0.2, -0.15) is 0 Å². The quantitative estimate of drug-likeness (QED) is 0.732. The fraction of sp³-hybridized carbons (Fsp3) is 0.273. The number of anilines is 1. The first-order valence-corrected chi connectivity index (χ1v) is 9.19. The molecule has 0 bridgehead atoms. The highest BCUT2D eigenvalue weighted by molar-refractivity contribution is 5.93. The van der Waals surface area contributed by atoms with Crippen molar-refractivity contribution in [2.45, 2.75) is 31.7 Å². The first-order valence-electron chi connectivity index (χ1n) is 9.19. The molecule has 1 aliphatic rings. The summed E-state index contributed by atoms with van der Waals surface area (Å²) in [5.74, 6) is 0. The van der Waals surface area contributed by atoms with Crippen molar-refractivity contribution in [1.29, 1.82) is 0 Å². The van der Waals surface area contributed by atoms with Gasteiger partial charge >= 0.3 is 6.03 Å². The van der Waals surface area contributed by atoms with Gasteiger partial charge in [-0.3, -0.25) is 4.79 Å². The van der Waals surface area contributed by atoms with Crippen molar-refractivity contribution in [3.05, 3.63) is 76.1 Å². The van der Waals surface area contributed by atoms with E-state index < -0.39 is 0 Å². The lowest BCUT2D eigenvalue weighted by Crippen LogP contribution is -2.51. The number of aryl methyl sites for hydroxylation is 2. The largest absolute Gasteiger partial charge is 0.332 e. The van der Waals surface area contributed by atoms with Gasteiger partial charge in [0.2, 0.25) is 0 Å². The number of hydrogen-bond donors (Lipinski definition) is 2. The van der Waals surface area contributed by atoms with Crippen LogP contribution in [-0.2, 0) is 19.9 Å². The topological polar surface area (TPSA) is 63.1 Å². The predicted octanol–water partition coefficient (Wildman–Crippen LogP) is 3.61. The molecule has 0 fully saturated rings. The molecule has 1 heterocycles. The van der Waals surface area contributed by atoms with Crippen LogP contribution in [0.2, 0.25) is 0 Å². The molecule has 1 atom stereocenters. The maximum Gasteiger partial charge on any atom is 0.319 e. The zero-order valence-electron chi connectivity index (χ0n) is 15.6. The maximum atomic E-state index is 12.6. The van der Waals surface area contributed by atoms with Crippen LogP contribution in [0.1, 0.15) is 24.5 Å². The zero-order chi connectivity index (χ0) is 19.0. The first kappa shape index (κ1) is 17.3. The molecule has 0 saturated heterocycles. The number of hydrogen-bond acceptors (Lipinski definition) is 2. The molecule has 3 aromatic rings. The van der Waals surface area contributed by atoms with Crippen molar-refractivity contribution in [1.82, 2.24) is 9.88 Å². The molecule has 138 valence electrons. The van der Waals surface area contributed by atoms with Crippen LogP contribution in [0.25, 0.3) is 10.9 Å². The van der Waals surface area contributed by atoms with Gasteiger partial charge in [0.1, 0.15) is 0 Å². The van der Waals surface area contributed by atoms with Gasteiger partial charge in [0.15, 0.2) is 0 Å². The molecular weight excluding hydrogens is 338 g/mol. The second-order valence-corrected chi connectivity index (χ2v) is 7.59. The van der Waals surface area contributed by atoms with E-state index in [1.165, 1.54) is 11.1 Å². The Balaban J connectivity index is 1.51. The average Bonchev–Trinajstić information content (AvgIpc) is 2.64. The van der Waals surface area contributed by atoms with Crippen molar-refractivity contribution in [2.24, 2.45) is 7.05 Å². The fourth-order valence-corrected chi connectivity index (χ4v) is 3.88. The zero-order valence-corrected chi connectivity index (χ0v) is 15.6. The third kappa shape index (κ3) is 3.45. The average molecular weight is 361 g/mol. The Bertz CT molecular complexity index is 1090. The molecule has 4 rings (SSSR count). The van der Waals surface area contributed by atoms with Gasteiger partial charge in [-0.1, -0.05) is 30.3 Å². The van der Waals surface area contributed by atoms with Gasteiger partial charge in [-0.05, 0) is 60.9 Å². The molecule has 27 heavy (non-hydrogen) atoms. The molecule has 0 saturated carbocycles. The van der Waals surface area contributed by atoms with E-state index in [2.05, 4.69) is 35.8 Å². The van der Waals surface area contributed by atoms with Gasteiger partial charge in [-0.25, -0.2) is 4.79 Å². The van der Waals surface area contributed by atoms with E-state index in [0.29, 0.717) is 5.69 Å². The molecular formula is C22H23N3O2. The van der Waals surface area contributed by atoms with Gasteiger partial charge < -0.3 is 15.2 Å². The van der Waals surface area contributed by atoms with Gasteiger partial charge in [-0.15, -0.1) is 0 Å². The second kappa shape index (κ2) is 6.58. The molecule has 0 radical (unpaired) electrons. The molecule has 2 aromatic carbocycles. The lowest BCUT2D eigenvalue weighted by atomic mass is 9.79. The fourth-order valence-electron chi connectivity index (χ4n) is 3.88. The molecule has 2 N–H and O–H groups in total. The highest BCUT2D eigenvalue weighted by Gasteiger charge is 2.31. The van der Waals surface area contributed by atoms with E-state index in [1.54, 1.807) is 23.7 Å². The monoisotopic (exact) mass is 361 g/mol. The van der Waals surface area contributed by atoms with Crippen molar-refractivity contribution in [3.8, 4) is 0 Å². The normalized spacial score (nSPS) is 18.7. The van der Waals surface area contributed by atoms with Crippen LogP contribution in [0, 0.1) is 0 Å². The van der Waals surface area contributed by atoms with Gasteiger partial charge in [0, 0.05) is 24.3 Å². The minimum absolute atomic E-state index is 0.0718. The summed E-state index contributed by atoms with van der Waals surface area (Å²) < 4.78 is 1.58. The third-order valence-corrected chi connectivity index (χ3v) is 5.45. The maximum absolute atomic E-state index is 12.6. The SMILES string of the molecule is Cn1c(=O)ccc2ccc(NC(=O)NC3(C)CCc4ccccc4C3)cc21. The summed E-state index contributed by atoms with van der Waals surface area (Å²) in [4.78, 5) is 24.4. The second-order valence-electron chi connectivity index (χ2n) is 7.59. The van der Waals surface area contributed by atoms with E-state index in [-0.39, 0.29) is 17.1 Å². The molecule has 5 nitrogen and oxygen atoms in total. The number of rotatable bonds is 2. The van der Waals surface area contributed by atoms with Gasteiger partial charge in [0.25, 0.3) is 5.56 Å². The number of amides is 2. The number of fused-ring (bicyclic) bond motifs is 2. The molecule has 1 aliphatic carbocycles. The molecule has 1 aromatic heterocycles. The molecule has 1 unspecified atom stereocenters. The smallest absolute Gasteiger partial charge is 0.319 e. The lowest BCUT2D eigenvalue weighted by Gasteiger charge is -2.35. The van der Waals surface area contributed by atoms with Crippen LogP contribution >= 0.6 is 0 Å². The van der Waals surface area contributed by atoms with Crippen LogP contribution < -0.4 is 16.2 Å². The number of carbonyl (C=O) groups is 1. The Labute approximate surface area is 158 Å². The molecule has 5 heteroatoms. The standard InChI is InChI=1S/C22H23N3O2/c1-22(12-11-15-5-3-4-6-17(15)14-22)24-21(27)23-18-9-7-16-8-10-20(26)25(2)19(16)13-18/h3-10,13H,11-12,14H2,1-2H3,(H2,23,24,27). The number of aromatic nitrogens is 1. The van der Waals surface area contributed by atoms with Crippen molar-refractivity contribution in [2.75, 3.05) is 5.32 Å². The van der Waals surface area contributed by atoms with Crippen LogP contribution in [0.3, 0.4) is 0 Å². The van der Waals surface area contributed by atoms with E-state index in [9.17, 15) is 9.59 Å². The number of benzene rings is 2. The highest BCUT2D eigenvalue weighted by atomic mass is 16.2. The van der Waals surface area contributed by atoms with Gasteiger partial charge in [0.05, 0.1) is 5.52 Å². The van der Waals surface area contributed by atoms with Crippen LogP contribution in [0.5, 0.6) is 0 Å². The summed E-state index contributed by atoms with van der Waals surface area (Å²) in [5.41, 5.74) is 3.78. The summed E-state index contributed by atoms with van der Waals surface area (Å²) >= 11 is 0. The lowest BCUT2D eigenvalue weighted by molar-refractivity contribution is 0.234. The van der Waals surface area contributed by atoms with Crippen LogP contribution in [0.4, 0.5) is 10.5 Å². The summed E-state index contributed by atoms with van der Waals surface area (Å²) in [6.07, 6.45) is 2.69. The van der Waals surface area contributed by atoms with Crippen molar-refractivity contribution < 1.29 is 4.79 Å². The van der Waals surface area contributed by atoms with E-state index in [1.807, 2.05) is 24.3 Å². The van der Waals surface area contributed by atoms with Crippen molar-refractivity contribution in [3.63, 3.8) is 0 Å². The summed E-state index contributed by atoms with van der Waals surface area (Å²) in [7, 11) is 1.73. The Morgan fingerprint density at radius 2 is 1.81 bits per heavy atom. The molecule has 0 spiro atoms. The number of carbonyl (C=O) groups excluding carboxylic acids is 1. The first-order chi connectivity index (χ1) is 12.9. The Kier molecular flexibility index (Phi) is 4.22. The minimum atomic E-state index is -0.276. The summed E-state index contributed by atoms with van der Waals surface area (Å²) in [5, 5.41) is 7.01. The van der Waals surface area contributed by atoms with Crippen molar-refractivity contribution >= 4 is 22.6 Å². The van der Waals surface area contributed by atoms with Crippen LogP contribution in [-0.4, -0.2) is 16.1 Å². The summed E-state index contributed by atoms with van der Waals surface area (Å²) in [6, 6.07) is 17.1. The Hall–Kier alpha value is -3.08. The number of nitrogens with one attached hydrogen (secondary N) is 2. The molecule has 2 amide bonds. The Morgan fingerprint density at radius 1 is 1.07 bits per heavy atom. The molecule has 0 aliphatic heterocycles. The van der Waals surface area contributed by atoms with E-state index in [4.69, 9.17) is 0 Å². The van der Waals surface area contributed by atoms with E-state index in [0.717, 1.165) is 30.2 Å². The van der Waals surface area contributed by atoms with Crippen LogP contribution in [0.15, 0.2) is 59.4 Å². The van der Waals surface area contributed by atoms with E-state index >= 15 is 0 Å². The minimum Gasteiger partial charge on any atom is -0.332 e. The number of urea groups is 1. The Morgan fingerprint density at radius 3 is 2.63 bits per heavy atom. The predicted molar refractivity (Wildman–Crippen MR) is 108 cm³/mol. The summed E-state index contributed by atoms with van der Waals surface area (Å²) in [6.45, 7) is 2.09. The highest BCUT2D eigenvalue weighted by Crippen LogP contribution is 2.28. The number of pyridine rings is 1. The number of nitrogens with zero attached hydrogens (tertiary/aromatic N) is 1.